The molecule has 1 rings (SSSR count). The summed E-state index contributed by atoms with van der Waals surface area (Å²) >= 11 is 0. The highest BCUT2D eigenvalue weighted by Crippen LogP contribution is 2.28. The molecular weight excluding hydrogens is 210 g/mol. The van der Waals surface area contributed by atoms with Crippen LogP contribution in [0.1, 0.15) is 59.3 Å². The Morgan fingerprint density at radius 3 is 2.47 bits per heavy atom. The third-order valence-electron chi connectivity index (χ3n) is 3.79. The Balaban J connectivity index is 2.35. The highest BCUT2D eigenvalue weighted by Gasteiger charge is 2.23. The van der Waals surface area contributed by atoms with Gasteiger partial charge in [0, 0.05) is 19.3 Å². The van der Waals surface area contributed by atoms with Crippen molar-refractivity contribution in [1.82, 2.24) is 5.32 Å². The summed E-state index contributed by atoms with van der Waals surface area (Å²) in [6.07, 6.45) is 8.13. The number of hydrogen-bond acceptors (Lipinski definition) is 2. The second kappa shape index (κ2) is 8.93. The molecule has 0 aromatic heterocycles. The number of nitrogens with one attached hydrogen (secondary N) is 1. The van der Waals surface area contributed by atoms with E-state index in [1.54, 1.807) is 0 Å². The van der Waals surface area contributed by atoms with Crippen molar-refractivity contribution in [2.24, 2.45) is 11.8 Å². The van der Waals surface area contributed by atoms with E-state index in [1.165, 1.54) is 38.6 Å². The second-order valence-electron chi connectivity index (χ2n) is 5.80. The molecule has 1 aliphatic rings. The van der Waals surface area contributed by atoms with Crippen LogP contribution in [0.25, 0.3) is 0 Å². The Kier molecular flexibility index (Phi) is 7.87. The van der Waals surface area contributed by atoms with Crippen LogP contribution < -0.4 is 5.32 Å². The van der Waals surface area contributed by atoms with Gasteiger partial charge in [0.2, 0.25) is 0 Å². The molecule has 0 heterocycles. The predicted octanol–water partition coefficient (Wildman–Crippen LogP) is 3.61. The summed E-state index contributed by atoms with van der Waals surface area (Å²) in [6, 6.07) is 0.607. The molecule has 0 spiro atoms. The summed E-state index contributed by atoms with van der Waals surface area (Å²) < 4.78 is 5.79. The summed E-state index contributed by atoms with van der Waals surface area (Å²) in [5.74, 6) is 1.62. The normalized spacial score (nSPS) is 26.1. The maximum absolute atomic E-state index is 5.79. The van der Waals surface area contributed by atoms with Crippen LogP contribution in [-0.2, 0) is 4.74 Å². The second-order valence-corrected chi connectivity index (χ2v) is 5.80. The number of hydrogen-bond donors (Lipinski definition) is 1. The molecule has 1 fully saturated rings. The molecule has 1 N–H and O–H groups in total. The Labute approximate surface area is 108 Å². The molecule has 0 aromatic carbocycles. The molecule has 0 radical (unpaired) electrons. The lowest BCUT2D eigenvalue weighted by molar-refractivity contribution is 0.0730. The van der Waals surface area contributed by atoms with E-state index in [2.05, 4.69) is 26.1 Å². The first-order chi connectivity index (χ1) is 8.24. The van der Waals surface area contributed by atoms with Crippen molar-refractivity contribution in [2.45, 2.75) is 65.3 Å². The summed E-state index contributed by atoms with van der Waals surface area (Å²) in [7, 11) is 0. The van der Waals surface area contributed by atoms with E-state index >= 15 is 0 Å². The molecular formula is C15H31NO. The van der Waals surface area contributed by atoms with Crippen LogP contribution in [0.5, 0.6) is 0 Å². The third kappa shape index (κ3) is 6.42. The average Bonchev–Trinajstić information content (AvgIpc) is 2.52. The van der Waals surface area contributed by atoms with Gasteiger partial charge in [-0.25, -0.2) is 0 Å². The molecule has 0 saturated heterocycles. The zero-order valence-electron chi connectivity index (χ0n) is 12.0. The van der Waals surface area contributed by atoms with E-state index in [1.807, 2.05) is 0 Å². The topological polar surface area (TPSA) is 21.3 Å². The van der Waals surface area contributed by atoms with E-state index in [0.717, 1.165) is 31.5 Å². The first-order valence-corrected chi connectivity index (χ1v) is 7.55. The largest absolute Gasteiger partial charge is 0.381 e. The Morgan fingerprint density at radius 2 is 1.82 bits per heavy atom. The molecule has 0 amide bonds. The lowest BCUT2D eigenvalue weighted by atomic mass is 9.88. The predicted molar refractivity (Wildman–Crippen MR) is 74.3 cm³/mol. The first-order valence-electron chi connectivity index (χ1n) is 7.55. The molecule has 1 saturated carbocycles. The smallest absolute Gasteiger partial charge is 0.0497 e. The lowest BCUT2D eigenvalue weighted by Crippen LogP contribution is -2.33. The van der Waals surface area contributed by atoms with Gasteiger partial charge >= 0.3 is 0 Å². The van der Waals surface area contributed by atoms with Crippen LogP contribution >= 0.6 is 0 Å². The van der Waals surface area contributed by atoms with E-state index in [9.17, 15) is 0 Å². The number of rotatable bonds is 7. The standard InChI is InChI=1S/C15H31NO/c1-4-10-17-12-15-9-7-5-6-8-14(15)11-16-13(2)3/h13-16H,4-12H2,1-3H3. The minimum absolute atomic E-state index is 0.607. The molecule has 0 bridgehead atoms. The molecule has 2 unspecified atom stereocenters. The molecule has 0 aliphatic heterocycles. The van der Waals surface area contributed by atoms with Gasteiger partial charge in [0.25, 0.3) is 0 Å². The monoisotopic (exact) mass is 241 g/mol. The van der Waals surface area contributed by atoms with Crippen LogP contribution in [0, 0.1) is 11.8 Å². The van der Waals surface area contributed by atoms with Gasteiger partial charge in [0.05, 0.1) is 0 Å². The SMILES string of the molecule is CCCOCC1CCCCCC1CNC(C)C. The van der Waals surface area contributed by atoms with Crippen molar-refractivity contribution in [1.29, 1.82) is 0 Å². The van der Waals surface area contributed by atoms with Crippen molar-refractivity contribution < 1.29 is 4.74 Å². The highest BCUT2D eigenvalue weighted by molar-refractivity contribution is 4.76. The molecule has 2 heteroatoms. The quantitative estimate of drug-likeness (QED) is 0.543. The minimum Gasteiger partial charge on any atom is -0.381 e. The van der Waals surface area contributed by atoms with Crippen molar-refractivity contribution in [3.05, 3.63) is 0 Å². The summed E-state index contributed by atoms with van der Waals surface area (Å²) in [5.41, 5.74) is 0. The maximum Gasteiger partial charge on any atom is 0.0497 e. The van der Waals surface area contributed by atoms with Crippen LogP contribution in [0.4, 0.5) is 0 Å². The minimum atomic E-state index is 0.607. The van der Waals surface area contributed by atoms with Crippen molar-refractivity contribution in [2.75, 3.05) is 19.8 Å². The van der Waals surface area contributed by atoms with Crippen molar-refractivity contribution in [3.63, 3.8) is 0 Å². The zero-order valence-corrected chi connectivity index (χ0v) is 12.0. The summed E-state index contributed by atoms with van der Waals surface area (Å²) in [5, 5.41) is 3.61. The highest BCUT2D eigenvalue weighted by atomic mass is 16.5. The van der Waals surface area contributed by atoms with Crippen molar-refractivity contribution in [3.8, 4) is 0 Å². The van der Waals surface area contributed by atoms with Gasteiger partial charge in [0.1, 0.15) is 0 Å². The Bertz CT molecular complexity index is 182. The van der Waals surface area contributed by atoms with Crippen LogP contribution in [0.15, 0.2) is 0 Å². The molecule has 2 atom stereocenters. The van der Waals surface area contributed by atoms with Gasteiger partial charge in [-0.3, -0.25) is 0 Å². The van der Waals surface area contributed by atoms with Crippen LogP contribution in [0.3, 0.4) is 0 Å². The maximum atomic E-state index is 5.79. The molecule has 0 aromatic rings. The molecule has 1 aliphatic carbocycles. The van der Waals surface area contributed by atoms with Gasteiger partial charge in [-0.15, -0.1) is 0 Å². The Morgan fingerprint density at radius 1 is 1.12 bits per heavy atom. The molecule has 102 valence electrons. The van der Waals surface area contributed by atoms with Gasteiger partial charge in [-0.05, 0) is 37.6 Å². The lowest BCUT2D eigenvalue weighted by Gasteiger charge is -2.26. The van der Waals surface area contributed by atoms with Gasteiger partial charge in [-0.1, -0.05) is 40.0 Å². The van der Waals surface area contributed by atoms with Crippen molar-refractivity contribution >= 4 is 0 Å². The van der Waals surface area contributed by atoms with E-state index < -0.39 is 0 Å². The number of ether oxygens (including phenoxy) is 1. The zero-order chi connectivity index (χ0) is 12.5. The summed E-state index contributed by atoms with van der Waals surface area (Å²) in [6.45, 7) is 9.75. The molecule has 17 heavy (non-hydrogen) atoms. The first kappa shape index (κ1) is 15.0. The van der Waals surface area contributed by atoms with Gasteiger partial charge in [-0.2, -0.15) is 0 Å². The average molecular weight is 241 g/mol. The van der Waals surface area contributed by atoms with Gasteiger partial charge < -0.3 is 10.1 Å². The fraction of sp³-hybridized carbons (Fsp3) is 1.00. The third-order valence-corrected chi connectivity index (χ3v) is 3.79. The van der Waals surface area contributed by atoms with E-state index in [0.29, 0.717) is 6.04 Å². The van der Waals surface area contributed by atoms with Crippen LogP contribution in [-0.4, -0.2) is 25.8 Å². The molecule has 2 nitrogen and oxygen atoms in total. The van der Waals surface area contributed by atoms with Crippen LogP contribution in [0.2, 0.25) is 0 Å². The van der Waals surface area contributed by atoms with Gasteiger partial charge in [0.15, 0.2) is 0 Å². The summed E-state index contributed by atoms with van der Waals surface area (Å²) in [4.78, 5) is 0. The van der Waals surface area contributed by atoms with E-state index in [4.69, 9.17) is 4.74 Å². The fourth-order valence-electron chi connectivity index (χ4n) is 2.72. The van der Waals surface area contributed by atoms with E-state index in [-0.39, 0.29) is 0 Å². The Hall–Kier alpha value is -0.0800. The fourth-order valence-corrected chi connectivity index (χ4v) is 2.72.